The summed E-state index contributed by atoms with van der Waals surface area (Å²) in [5.41, 5.74) is 0.224. The molecule has 194 valence electrons. The zero-order valence-electron chi connectivity index (χ0n) is 21.6. The van der Waals surface area contributed by atoms with Gasteiger partial charge in [-0.3, -0.25) is 9.59 Å². The maximum absolute atomic E-state index is 12.0. The number of phenolic OH excluding ortho intramolecular Hbond substituents is 1. The number of benzene rings is 1. The van der Waals surface area contributed by atoms with Gasteiger partial charge in [-0.25, -0.2) is 0 Å². The van der Waals surface area contributed by atoms with Crippen LogP contribution < -0.4 is 10.6 Å². The lowest BCUT2D eigenvalue weighted by Gasteiger charge is -2.07. The van der Waals surface area contributed by atoms with Crippen molar-refractivity contribution in [2.75, 3.05) is 13.1 Å². The van der Waals surface area contributed by atoms with Crippen LogP contribution in [0.2, 0.25) is 0 Å². The number of allylic oxidation sites excluding steroid dienone is 12. The van der Waals surface area contributed by atoms with E-state index >= 15 is 0 Å². The van der Waals surface area contributed by atoms with E-state index in [2.05, 4.69) is 84.4 Å². The Morgan fingerprint density at radius 2 is 1.17 bits per heavy atom. The zero-order valence-corrected chi connectivity index (χ0v) is 21.6. The Balaban J connectivity index is 1.99. The van der Waals surface area contributed by atoms with E-state index in [0.29, 0.717) is 25.9 Å². The maximum Gasteiger partial charge on any atom is 0.255 e. The Hall–Kier alpha value is -3.60. The molecule has 0 atom stereocenters. The topological polar surface area (TPSA) is 78.4 Å². The molecule has 0 spiro atoms. The fraction of sp³-hybridized carbons (Fsp3) is 0.355. The second-order valence-corrected chi connectivity index (χ2v) is 8.08. The molecule has 0 aromatic heterocycles. The van der Waals surface area contributed by atoms with E-state index in [1.165, 1.54) is 6.07 Å². The number of phenols is 1. The molecule has 3 N–H and O–H groups in total. The van der Waals surface area contributed by atoms with Crippen molar-refractivity contribution in [3.05, 3.63) is 103 Å². The molecular formula is C31H42N2O3. The molecular weight excluding hydrogens is 448 g/mol. The number of carbonyl (C=O) groups is 2. The molecule has 1 aromatic rings. The van der Waals surface area contributed by atoms with Crippen LogP contribution in [0.25, 0.3) is 0 Å². The van der Waals surface area contributed by atoms with Gasteiger partial charge in [-0.15, -0.1) is 0 Å². The van der Waals surface area contributed by atoms with Crippen LogP contribution in [0.1, 0.15) is 68.6 Å². The van der Waals surface area contributed by atoms with Crippen LogP contribution in [-0.4, -0.2) is 30.0 Å². The molecule has 0 aliphatic carbocycles. The van der Waals surface area contributed by atoms with E-state index in [4.69, 9.17) is 0 Å². The molecule has 0 radical (unpaired) electrons. The Morgan fingerprint density at radius 1 is 0.694 bits per heavy atom. The lowest BCUT2D eigenvalue weighted by atomic mass is 10.2. The third kappa shape index (κ3) is 16.9. The molecule has 5 heteroatoms. The third-order valence-corrected chi connectivity index (χ3v) is 5.02. The van der Waals surface area contributed by atoms with Crippen molar-refractivity contribution in [3.63, 3.8) is 0 Å². The SMILES string of the molecule is CC/C=C\C/C=C\C/C=C/C/C=C/C/C=C/C/C=C/CCC(=O)NCCNC(=O)c1ccccc1O. The smallest absolute Gasteiger partial charge is 0.255 e. The van der Waals surface area contributed by atoms with Crippen molar-refractivity contribution >= 4 is 11.8 Å². The number of rotatable bonds is 18. The molecule has 1 aromatic carbocycles. The van der Waals surface area contributed by atoms with Gasteiger partial charge in [-0.2, -0.15) is 0 Å². The minimum Gasteiger partial charge on any atom is -0.507 e. The number of para-hydroxylation sites is 1. The lowest BCUT2D eigenvalue weighted by Crippen LogP contribution is -2.34. The van der Waals surface area contributed by atoms with Gasteiger partial charge in [0.05, 0.1) is 5.56 Å². The monoisotopic (exact) mass is 490 g/mol. The first kappa shape index (κ1) is 30.4. The van der Waals surface area contributed by atoms with Gasteiger partial charge in [0.25, 0.3) is 5.91 Å². The molecule has 36 heavy (non-hydrogen) atoms. The molecule has 2 amide bonds. The fourth-order valence-electron chi connectivity index (χ4n) is 3.08. The van der Waals surface area contributed by atoms with Crippen molar-refractivity contribution in [1.82, 2.24) is 10.6 Å². The van der Waals surface area contributed by atoms with Crippen molar-refractivity contribution in [2.45, 2.75) is 58.3 Å². The van der Waals surface area contributed by atoms with Crippen LogP contribution in [0.15, 0.2) is 97.2 Å². The van der Waals surface area contributed by atoms with Crippen molar-refractivity contribution in [2.24, 2.45) is 0 Å². The summed E-state index contributed by atoms with van der Waals surface area (Å²) in [6.45, 7) is 2.80. The van der Waals surface area contributed by atoms with Gasteiger partial charge < -0.3 is 15.7 Å². The van der Waals surface area contributed by atoms with Gasteiger partial charge in [0.2, 0.25) is 5.91 Å². The van der Waals surface area contributed by atoms with Crippen LogP contribution >= 0.6 is 0 Å². The van der Waals surface area contributed by atoms with Crippen LogP contribution in [0.5, 0.6) is 5.75 Å². The average molecular weight is 491 g/mol. The predicted molar refractivity (Wildman–Crippen MR) is 151 cm³/mol. The first-order valence-electron chi connectivity index (χ1n) is 12.9. The first-order chi connectivity index (χ1) is 17.6. The summed E-state index contributed by atoms with van der Waals surface area (Å²) < 4.78 is 0. The summed E-state index contributed by atoms with van der Waals surface area (Å²) in [7, 11) is 0. The third-order valence-electron chi connectivity index (χ3n) is 5.02. The number of carbonyl (C=O) groups excluding carboxylic acids is 2. The molecule has 0 bridgehead atoms. The van der Waals surface area contributed by atoms with Crippen molar-refractivity contribution in [3.8, 4) is 5.75 Å². The highest BCUT2D eigenvalue weighted by Gasteiger charge is 2.09. The molecule has 0 saturated carbocycles. The zero-order chi connectivity index (χ0) is 26.1. The highest BCUT2D eigenvalue weighted by atomic mass is 16.3. The van der Waals surface area contributed by atoms with E-state index in [1.54, 1.807) is 18.2 Å². The molecule has 5 nitrogen and oxygen atoms in total. The van der Waals surface area contributed by atoms with Crippen molar-refractivity contribution < 1.29 is 14.7 Å². The number of hydrogen-bond acceptors (Lipinski definition) is 3. The highest BCUT2D eigenvalue weighted by molar-refractivity contribution is 5.96. The summed E-state index contributed by atoms with van der Waals surface area (Å²) in [5.74, 6) is -0.470. The van der Waals surface area contributed by atoms with Gasteiger partial charge in [0, 0.05) is 19.5 Å². The van der Waals surface area contributed by atoms with Gasteiger partial charge in [-0.1, -0.05) is 92.0 Å². The molecule has 0 saturated heterocycles. The minimum absolute atomic E-state index is 0.0497. The van der Waals surface area contributed by atoms with Gasteiger partial charge in [-0.05, 0) is 57.1 Å². The molecule has 1 rings (SSSR count). The van der Waals surface area contributed by atoms with E-state index in [0.717, 1.165) is 38.5 Å². The Bertz CT molecular complexity index is 924. The molecule has 0 aliphatic rings. The first-order valence-corrected chi connectivity index (χ1v) is 12.9. The summed E-state index contributed by atoms with van der Waals surface area (Å²) in [6, 6.07) is 6.36. The van der Waals surface area contributed by atoms with Crippen LogP contribution in [0.4, 0.5) is 0 Å². The van der Waals surface area contributed by atoms with Crippen molar-refractivity contribution in [1.29, 1.82) is 0 Å². The van der Waals surface area contributed by atoms with Crippen LogP contribution in [0, 0.1) is 0 Å². The minimum atomic E-state index is -0.361. The quantitative estimate of drug-likeness (QED) is 0.158. The Labute approximate surface area is 217 Å². The molecule has 0 aliphatic heterocycles. The summed E-state index contributed by atoms with van der Waals surface area (Å²) in [5, 5.41) is 15.1. The summed E-state index contributed by atoms with van der Waals surface area (Å²) >= 11 is 0. The van der Waals surface area contributed by atoms with E-state index < -0.39 is 0 Å². The summed E-state index contributed by atoms with van der Waals surface area (Å²) in [6.07, 6.45) is 32.8. The number of aromatic hydroxyl groups is 1. The number of nitrogens with one attached hydrogen (secondary N) is 2. The van der Waals surface area contributed by atoms with E-state index in [9.17, 15) is 14.7 Å². The summed E-state index contributed by atoms with van der Waals surface area (Å²) in [4.78, 5) is 23.8. The van der Waals surface area contributed by atoms with E-state index in [1.807, 2.05) is 6.08 Å². The van der Waals surface area contributed by atoms with Crippen LogP contribution in [-0.2, 0) is 4.79 Å². The lowest BCUT2D eigenvalue weighted by molar-refractivity contribution is -0.120. The predicted octanol–water partition coefficient (Wildman–Crippen LogP) is 6.72. The molecule has 0 heterocycles. The molecule has 0 fully saturated rings. The fourth-order valence-corrected chi connectivity index (χ4v) is 3.08. The van der Waals surface area contributed by atoms with Gasteiger partial charge in [0.15, 0.2) is 0 Å². The molecule has 0 unspecified atom stereocenters. The highest BCUT2D eigenvalue weighted by Crippen LogP contribution is 2.14. The number of hydrogen-bond donors (Lipinski definition) is 3. The van der Waals surface area contributed by atoms with Gasteiger partial charge in [0.1, 0.15) is 5.75 Å². The van der Waals surface area contributed by atoms with Crippen LogP contribution in [0.3, 0.4) is 0 Å². The number of amides is 2. The Morgan fingerprint density at radius 3 is 1.69 bits per heavy atom. The maximum atomic E-state index is 12.0. The van der Waals surface area contributed by atoms with E-state index in [-0.39, 0.29) is 23.1 Å². The Kier molecular flexibility index (Phi) is 18.5. The normalized spacial score (nSPS) is 12.2. The standard InChI is InChI=1S/C31H42N2O3/c1-2-3-4-5-6-7-8-9-10-11-12-13-14-15-16-17-18-19-20-25-30(35)32-26-27-33-31(36)28-23-21-22-24-29(28)34/h3-4,6-7,9-10,12-13,15-16,18-19,21-24,34H,2,5,8,11,14,17,20,25-27H2,1H3,(H,32,35)(H,33,36)/b4-3-,7-6-,10-9+,13-12+,16-15+,19-18+. The average Bonchev–Trinajstić information content (AvgIpc) is 2.88. The second-order valence-electron chi connectivity index (χ2n) is 8.08. The largest absolute Gasteiger partial charge is 0.507 e. The second kappa shape index (κ2) is 21.9. The van der Waals surface area contributed by atoms with Gasteiger partial charge >= 0.3 is 0 Å².